The molecule has 3 heteroatoms. The Morgan fingerprint density at radius 1 is 1.36 bits per heavy atom. The second-order valence-corrected chi connectivity index (χ2v) is 2.80. The maximum Gasteiger partial charge on any atom is 0.185 e. The van der Waals surface area contributed by atoms with E-state index in [1.54, 1.807) is 12.1 Å². The van der Waals surface area contributed by atoms with Crippen LogP contribution >= 0.6 is 0 Å². The van der Waals surface area contributed by atoms with Gasteiger partial charge in [-0.1, -0.05) is 19.8 Å². The van der Waals surface area contributed by atoms with E-state index in [2.05, 4.69) is 11.3 Å². The number of unbranched alkanes of at least 4 members (excludes halogenated alkanes) is 3. The van der Waals surface area contributed by atoms with E-state index in [-0.39, 0.29) is 0 Å². The summed E-state index contributed by atoms with van der Waals surface area (Å²) in [5.41, 5.74) is 0. The minimum absolute atomic E-state index is 0.375. The molecule has 0 unspecified atom stereocenters. The summed E-state index contributed by atoms with van der Waals surface area (Å²) in [6.07, 6.45) is 7.32. The third-order valence-corrected chi connectivity index (χ3v) is 1.58. The molecule has 1 rings (SSSR count). The van der Waals surface area contributed by atoms with Crippen molar-refractivity contribution >= 4 is 12.6 Å². The number of rotatable bonds is 5. The topological polar surface area (TPSA) is 47.3 Å². The molecule has 0 fully saturated rings. The van der Waals surface area contributed by atoms with Gasteiger partial charge in [0.2, 0.25) is 0 Å². The monoisotopic (exact) mass is 196 g/mol. The van der Waals surface area contributed by atoms with Crippen LogP contribution < -0.4 is 0 Å². The number of carbonyl (C=O) groups excluding carboxylic acids is 2. The van der Waals surface area contributed by atoms with Crippen molar-refractivity contribution in [2.45, 2.75) is 32.6 Å². The van der Waals surface area contributed by atoms with Crippen LogP contribution in [0.4, 0.5) is 0 Å². The Bertz CT molecular complexity index is 227. The molecular weight excluding hydrogens is 180 g/mol. The van der Waals surface area contributed by atoms with Crippen LogP contribution in [0.2, 0.25) is 0 Å². The van der Waals surface area contributed by atoms with Gasteiger partial charge in [0.1, 0.15) is 6.29 Å². The van der Waals surface area contributed by atoms with Gasteiger partial charge in [-0.2, -0.15) is 0 Å². The van der Waals surface area contributed by atoms with Crippen LogP contribution in [0.15, 0.2) is 22.8 Å². The van der Waals surface area contributed by atoms with Crippen LogP contribution in [-0.4, -0.2) is 12.6 Å². The first-order valence-electron chi connectivity index (χ1n) is 4.77. The maximum atomic E-state index is 9.77. The fourth-order valence-corrected chi connectivity index (χ4v) is 0.836. The summed E-state index contributed by atoms with van der Waals surface area (Å²) in [4.78, 5) is 19.5. The second kappa shape index (κ2) is 9.71. The quantitative estimate of drug-likeness (QED) is 0.537. The number of aldehydes is 2. The summed E-state index contributed by atoms with van der Waals surface area (Å²) in [7, 11) is 0. The van der Waals surface area contributed by atoms with E-state index in [9.17, 15) is 9.59 Å². The SMILES string of the molecule is CCCCCC=O.O=Cc1ccco1. The van der Waals surface area contributed by atoms with Crippen molar-refractivity contribution in [3.8, 4) is 0 Å². The van der Waals surface area contributed by atoms with Gasteiger partial charge >= 0.3 is 0 Å². The van der Waals surface area contributed by atoms with Crippen LogP contribution in [0, 0.1) is 0 Å². The molecule has 1 heterocycles. The standard InChI is InChI=1S/C6H12O.C5H4O2/c1-2-3-4-5-6-7;6-4-5-2-1-3-7-5/h6H,2-5H2,1H3;1-4H. The molecule has 0 spiro atoms. The Balaban J connectivity index is 0.000000241. The molecule has 0 radical (unpaired) electrons. The lowest BCUT2D eigenvalue weighted by Crippen LogP contribution is -1.73. The number of hydrogen-bond donors (Lipinski definition) is 0. The van der Waals surface area contributed by atoms with Gasteiger partial charge in [0.15, 0.2) is 12.0 Å². The molecule has 78 valence electrons. The third kappa shape index (κ3) is 7.28. The van der Waals surface area contributed by atoms with E-state index < -0.39 is 0 Å². The largest absolute Gasteiger partial charge is 0.462 e. The average Bonchev–Trinajstić information content (AvgIpc) is 2.72. The van der Waals surface area contributed by atoms with Gasteiger partial charge < -0.3 is 9.21 Å². The Hall–Kier alpha value is -1.38. The molecule has 14 heavy (non-hydrogen) atoms. The number of hydrogen-bond acceptors (Lipinski definition) is 3. The molecular formula is C11H16O3. The fourth-order valence-electron chi connectivity index (χ4n) is 0.836. The Morgan fingerprint density at radius 2 is 2.14 bits per heavy atom. The minimum atomic E-state index is 0.375. The van der Waals surface area contributed by atoms with Gasteiger partial charge in [0, 0.05) is 6.42 Å². The summed E-state index contributed by atoms with van der Waals surface area (Å²) < 4.78 is 4.61. The van der Waals surface area contributed by atoms with Gasteiger partial charge in [0.25, 0.3) is 0 Å². The van der Waals surface area contributed by atoms with Gasteiger partial charge in [0.05, 0.1) is 6.26 Å². The molecule has 0 aliphatic rings. The molecule has 0 atom stereocenters. The molecule has 0 bridgehead atoms. The van der Waals surface area contributed by atoms with Crippen LogP contribution in [0.3, 0.4) is 0 Å². The van der Waals surface area contributed by atoms with Crippen molar-refractivity contribution in [1.29, 1.82) is 0 Å². The highest BCUT2D eigenvalue weighted by atomic mass is 16.3. The third-order valence-electron chi connectivity index (χ3n) is 1.58. The molecule has 0 N–H and O–H groups in total. The summed E-state index contributed by atoms with van der Waals surface area (Å²) >= 11 is 0. The summed E-state index contributed by atoms with van der Waals surface area (Å²) in [6, 6.07) is 3.27. The predicted octanol–water partition coefficient (Wildman–Crippen LogP) is 2.86. The van der Waals surface area contributed by atoms with Crippen molar-refractivity contribution in [2.75, 3.05) is 0 Å². The van der Waals surface area contributed by atoms with E-state index in [4.69, 9.17) is 0 Å². The summed E-state index contributed by atoms with van der Waals surface area (Å²) in [6.45, 7) is 2.13. The summed E-state index contributed by atoms with van der Waals surface area (Å²) in [5, 5.41) is 0. The summed E-state index contributed by atoms with van der Waals surface area (Å²) in [5.74, 6) is 0.375. The van der Waals surface area contributed by atoms with Crippen molar-refractivity contribution < 1.29 is 14.0 Å². The normalized spacial score (nSPS) is 8.64. The van der Waals surface area contributed by atoms with Crippen molar-refractivity contribution in [3.05, 3.63) is 24.2 Å². The van der Waals surface area contributed by atoms with Crippen molar-refractivity contribution in [3.63, 3.8) is 0 Å². The van der Waals surface area contributed by atoms with Crippen molar-refractivity contribution in [1.82, 2.24) is 0 Å². The Morgan fingerprint density at radius 3 is 2.50 bits per heavy atom. The predicted molar refractivity (Wildman–Crippen MR) is 54.3 cm³/mol. The molecule has 0 aromatic carbocycles. The maximum absolute atomic E-state index is 9.77. The molecule has 1 aromatic heterocycles. The highest BCUT2D eigenvalue weighted by molar-refractivity contribution is 5.69. The molecule has 0 aliphatic heterocycles. The minimum Gasteiger partial charge on any atom is -0.462 e. The Kier molecular flexibility index (Phi) is 8.75. The van der Waals surface area contributed by atoms with Gasteiger partial charge in [-0.25, -0.2) is 0 Å². The van der Waals surface area contributed by atoms with Gasteiger partial charge in [-0.3, -0.25) is 4.79 Å². The smallest absolute Gasteiger partial charge is 0.185 e. The first-order valence-corrected chi connectivity index (χ1v) is 4.77. The van der Waals surface area contributed by atoms with E-state index in [0.29, 0.717) is 12.0 Å². The van der Waals surface area contributed by atoms with E-state index >= 15 is 0 Å². The van der Waals surface area contributed by atoms with Gasteiger partial charge in [-0.05, 0) is 18.6 Å². The van der Waals surface area contributed by atoms with Crippen molar-refractivity contribution in [2.24, 2.45) is 0 Å². The molecule has 3 nitrogen and oxygen atoms in total. The van der Waals surface area contributed by atoms with Crippen LogP contribution in [-0.2, 0) is 4.79 Å². The van der Waals surface area contributed by atoms with Crippen LogP contribution in [0.5, 0.6) is 0 Å². The zero-order chi connectivity index (χ0) is 10.6. The zero-order valence-electron chi connectivity index (χ0n) is 8.44. The average molecular weight is 196 g/mol. The zero-order valence-corrected chi connectivity index (χ0v) is 8.44. The lowest BCUT2D eigenvalue weighted by atomic mass is 10.2. The first kappa shape index (κ1) is 12.6. The highest BCUT2D eigenvalue weighted by Crippen LogP contribution is 1.94. The van der Waals surface area contributed by atoms with Crippen LogP contribution in [0.25, 0.3) is 0 Å². The number of carbonyl (C=O) groups is 2. The van der Waals surface area contributed by atoms with E-state index in [1.165, 1.54) is 19.1 Å². The first-order chi connectivity index (χ1) is 6.85. The molecule has 0 saturated heterocycles. The lowest BCUT2D eigenvalue weighted by Gasteiger charge is -1.85. The number of furan rings is 1. The van der Waals surface area contributed by atoms with E-state index in [1.807, 2.05) is 0 Å². The van der Waals surface area contributed by atoms with Crippen LogP contribution in [0.1, 0.15) is 43.2 Å². The van der Waals surface area contributed by atoms with E-state index in [0.717, 1.165) is 19.1 Å². The molecule has 0 saturated carbocycles. The molecule has 0 aliphatic carbocycles. The second-order valence-electron chi connectivity index (χ2n) is 2.80. The highest BCUT2D eigenvalue weighted by Gasteiger charge is 1.84. The fraction of sp³-hybridized carbons (Fsp3) is 0.455. The molecule has 1 aromatic rings. The molecule has 0 amide bonds. The lowest BCUT2D eigenvalue weighted by molar-refractivity contribution is -0.107. The Labute approximate surface area is 84.1 Å². The van der Waals surface area contributed by atoms with Gasteiger partial charge in [-0.15, -0.1) is 0 Å².